The fourth-order valence-corrected chi connectivity index (χ4v) is 3.31. The van der Waals surface area contributed by atoms with Crippen LogP contribution in [0.5, 0.6) is 17.2 Å². The van der Waals surface area contributed by atoms with Crippen LogP contribution in [0.2, 0.25) is 0 Å². The molecule has 0 atom stereocenters. The van der Waals surface area contributed by atoms with Crippen molar-refractivity contribution in [2.24, 2.45) is 0 Å². The zero-order valence-corrected chi connectivity index (χ0v) is 16.6. The molecule has 1 saturated carbocycles. The molecule has 1 N–H and O–H groups in total. The number of methoxy groups -OCH3 is 1. The van der Waals surface area contributed by atoms with Crippen LogP contribution in [0, 0.1) is 0 Å². The molecule has 0 aliphatic heterocycles. The molecule has 0 spiro atoms. The van der Waals surface area contributed by atoms with Gasteiger partial charge in [-0.25, -0.2) is 4.79 Å². The molecule has 7 heteroatoms. The van der Waals surface area contributed by atoms with Gasteiger partial charge in [-0.15, -0.1) is 0 Å². The lowest BCUT2D eigenvalue weighted by molar-refractivity contribution is -0.139. The lowest BCUT2D eigenvalue weighted by Gasteiger charge is -2.20. The Morgan fingerprint density at radius 3 is 2.38 bits per heavy atom. The molecular weight excluding hydrogens is 374 g/mol. The van der Waals surface area contributed by atoms with Crippen LogP contribution < -0.4 is 19.1 Å². The lowest BCUT2D eigenvalue weighted by Crippen LogP contribution is -2.26. The summed E-state index contributed by atoms with van der Waals surface area (Å²) in [5.41, 5.74) is 1.14. The Labute approximate surface area is 169 Å². The van der Waals surface area contributed by atoms with E-state index in [4.69, 9.17) is 19.3 Å². The Morgan fingerprint density at radius 2 is 1.76 bits per heavy atom. The first kappa shape index (κ1) is 20.5. The fourth-order valence-electron chi connectivity index (χ4n) is 3.31. The highest BCUT2D eigenvalue weighted by Gasteiger charge is 2.20. The predicted octanol–water partition coefficient (Wildman–Crippen LogP) is 3.76. The Balaban J connectivity index is 1.70. The first-order chi connectivity index (χ1) is 14.0. The Hall–Kier alpha value is -3.22. The van der Waals surface area contributed by atoms with Crippen molar-refractivity contribution in [2.45, 2.75) is 31.8 Å². The van der Waals surface area contributed by atoms with Gasteiger partial charge in [-0.1, -0.05) is 0 Å². The average molecular weight is 399 g/mol. The van der Waals surface area contributed by atoms with Crippen LogP contribution in [0.4, 0.5) is 5.69 Å². The first-order valence-electron chi connectivity index (χ1n) is 9.55. The summed E-state index contributed by atoms with van der Waals surface area (Å²) >= 11 is 0. The average Bonchev–Trinajstić information content (AvgIpc) is 3.25. The van der Waals surface area contributed by atoms with Crippen LogP contribution in [0.3, 0.4) is 0 Å². The maximum Gasteiger partial charge on any atom is 0.341 e. The number of carbonyl (C=O) groups is 2. The number of ether oxygens (including phenoxy) is 3. The van der Waals surface area contributed by atoms with Crippen LogP contribution in [-0.2, 0) is 4.79 Å². The largest absolute Gasteiger partial charge is 0.493 e. The number of anilines is 1. The summed E-state index contributed by atoms with van der Waals surface area (Å²) in [5.74, 6) is 0.366. The number of amides is 1. The van der Waals surface area contributed by atoms with Gasteiger partial charge in [-0.2, -0.15) is 0 Å². The third-order valence-electron chi connectivity index (χ3n) is 4.90. The van der Waals surface area contributed by atoms with Crippen molar-refractivity contribution in [2.75, 3.05) is 25.7 Å². The van der Waals surface area contributed by atoms with Crippen LogP contribution in [-0.4, -0.2) is 43.9 Å². The van der Waals surface area contributed by atoms with E-state index in [-0.39, 0.29) is 12.0 Å². The van der Waals surface area contributed by atoms with Gasteiger partial charge in [0.25, 0.3) is 5.91 Å². The minimum absolute atomic E-state index is 0.199. The predicted molar refractivity (Wildman–Crippen MR) is 108 cm³/mol. The minimum atomic E-state index is -1.05. The number of nitrogens with zero attached hydrogens (tertiary/aromatic N) is 1. The van der Waals surface area contributed by atoms with Crippen LogP contribution in [0.1, 0.15) is 36.0 Å². The van der Waals surface area contributed by atoms with E-state index in [0.717, 1.165) is 12.8 Å². The molecule has 1 amide bonds. The first-order valence-corrected chi connectivity index (χ1v) is 9.55. The summed E-state index contributed by atoms with van der Waals surface area (Å²) in [6.45, 7) is -0.414. The zero-order chi connectivity index (χ0) is 20.8. The molecule has 1 aliphatic carbocycles. The third kappa shape index (κ3) is 5.19. The van der Waals surface area contributed by atoms with E-state index in [9.17, 15) is 9.59 Å². The van der Waals surface area contributed by atoms with Gasteiger partial charge in [0, 0.05) is 18.3 Å². The maximum absolute atomic E-state index is 12.9. The van der Waals surface area contributed by atoms with Gasteiger partial charge in [0.2, 0.25) is 0 Å². The van der Waals surface area contributed by atoms with E-state index >= 15 is 0 Å². The topological polar surface area (TPSA) is 85.3 Å². The van der Waals surface area contributed by atoms with Crippen molar-refractivity contribution in [1.82, 2.24) is 0 Å². The second-order valence-electron chi connectivity index (χ2n) is 6.93. The highest BCUT2D eigenvalue weighted by atomic mass is 16.5. The molecule has 0 aromatic heterocycles. The Morgan fingerprint density at radius 1 is 1.07 bits per heavy atom. The van der Waals surface area contributed by atoms with E-state index in [1.807, 2.05) is 0 Å². The molecular formula is C22H25NO6. The van der Waals surface area contributed by atoms with Gasteiger partial charge >= 0.3 is 5.97 Å². The van der Waals surface area contributed by atoms with Gasteiger partial charge in [0.05, 0.1) is 13.2 Å². The maximum atomic E-state index is 12.9. The Kier molecular flexibility index (Phi) is 6.59. The van der Waals surface area contributed by atoms with E-state index in [1.165, 1.54) is 17.7 Å². The number of carboxylic acids is 1. The van der Waals surface area contributed by atoms with E-state index < -0.39 is 12.6 Å². The summed E-state index contributed by atoms with van der Waals surface area (Å²) in [6.07, 6.45) is 4.63. The van der Waals surface area contributed by atoms with Crippen molar-refractivity contribution in [3.63, 3.8) is 0 Å². The van der Waals surface area contributed by atoms with Crippen molar-refractivity contribution in [3.05, 3.63) is 48.0 Å². The molecule has 154 valence electrons. The Bertz CT molecular complexity index is 858. The lowest BCUT2D eigenvalue weighted by atomic mass is 10.1. The third-order valence-corrected chi connectivity index (χ3v) is 4.90. The normalized spacial score (nSPS) is 13.7. The smallest absolute Gasteiger partial charge is 0.341 e. The second kappa shape index (κ2) is 9.32. The number of benzene rings is 2. The van der Waals surface area contributed by atoms with E-state index in [0.29, 0.717) is 28.5 Å². The molecule has 0 heterocycles. The standard InChI is InChI=1S/C22H25NO6/c1-23(16-8-10-17(11-9-16)28-14-21(24)25)22(26)15-7-12-19(20(13-15)27-2)29-18-5-3-4-6-18/h7-13,18H,3-6,14H2,1-2H3,(H,24,25). The van der Waals surface area contributed by atoms with Gasteiger partial charge in [0.15, 0.2) is 18.1 Å². The molecule has 1 fully saturated rings. The number of carboxylic acid groups (broad SMARTS) is 1. The number of aliphatic carboxylic acids is 1. The molecule has 3 rings (SSSR count). The summed E-state index contributed by atoms with van der Waals surface area (Å²) in [7, 11) is 3.23. The van der Waals surface area contributed by atoms with Crippen molar-refractivity contribution >= 4 is 17.6 Å². The van der Waals surface area contributed by atoms with Gasteiger partial charge < -0.3 is 24.2 Å². The van der Waals surface area contributed by atoms with Crippen molar-refractivity contribution < 1.29 is 28.9 Å². The summed E-state index contributed by atoms with van der Waals surface area (Å²) < 4.78 is 16.6. The summed E-state index contributed by atoms with van der Waals surface area (Å²) in [4.78, 5) is 25.0. The molecule has 1 aliphatic rings. The quantitative estimate of drug-likeness (QED) is 0.728. The number of carbonyl (C=O) groups excluding carboxylic acids is 1. The minimum Gasteiger partial charge on any atom is -0.493 e. The molecule has 29 heavy (non-hydrogen) atoms. The molecule has 0 radical (unpaired) electrons. The summed E-state index contributed by atoms with van der Waals surface area (Å²) in [5, 5.41) is 8.66. The molecule has 0 bridgehead atoms. The van der Waals surface area contributed by atoms with Crippen LogP contribution in [0.25, 0.3) is 0 Å². The highest BCUT2D eigenvalue weighted by molar-refractivity contribution is 6.06. The van der Waals surface area contributed by atoms with Crippen LogP contribution in [0.15, 0.2) is 42.5 Å². The highest BCUT2D eigenvalue weighted by Crippen LogP contribution is 2.33. The summed E-state index contributed by atoms with van der Waals surface area (Å²) in [6, 6.07) is 11.8. The SMILES string of the molecule is COc1cc(C(=O)N(C)c2ccc(OCC(=O)O)cc2)ccc1OC1CCCC1. The van der Waals surface area contributed by atoms with Crippen LogP contribution >= 0.6 is 0 Å². The molecule has 2 aromatic rings. The van der Waals surface area contributed by atoms with Gasteiger partial charge in [-0.05, 0) is 68.1 Å². The molecule has 7 nitrogen and oxygen atoms in total. The molecule has 0 unspecified atom stereocenters. The van der Waals surface area contributed by atoms with Crippen molar-refractivity contribution in [3.8, 4) is 17.2 Å². The second-order valence-corrected chi connectivity index (χ2v) is 6.93. The van der Waals surface area contributed by atoms with E-state index in [2.05, 4.69) is 0 Å². The van der Waals surface area contributed by atoms with Crippen molar-refractivity contribution in [1.29, 1.82) is 0 Å². The van der Waals surface area contributed by atoms with Gasteiger partial charge in [-0.3, -0.25) is 4.79 Å². The van der Waals surface area contributed by atoms with E-state index in [1.54, 1.807) is 56.6 Å². The molecule has 0 saturated heterocycles. The number of hydrogen-bond acceptors (Lipinski definition) is 5. The monoisotopic (exact) mass is 399 g/mol. The zero-order valence-electron chi connectivity index (χ0n) is 16.6. The fraction of sp³-hybridized carbons (Fsp3) is 0.364. The number of hydrogen-bond donors (Lipinski definition) is 1. The number of rotatable bonds is 8. The molecule has 2 aromatic carbocycles. The van der Waals surface area contributed by atoms with Gasteiger partial charge in [0.1, 0.15) is 5.75 Å².